The Morgan fingerprint density at radius 1 is 0.889 bits per heavy atom. The van der Waals surface area contributed by atoms with Crippen LogP contribution >= 0.6 is 23.5 Å². The number of thioether (sulfide) groups is 2. The van der Waals surface area contributed by atoms with Gasteiger partial charge in [0.05, 0.1) is 0 Å². The average Bonchev–Trinajstić information content (AvgIpc) is 2.43. The minimum Gasteiger partial charge on any atom is -0.287 e. The standard InChI is InChI=1S/C14H24O2S2/c1-3-12(15)17-10-14(8-6-5-7-9-14)11-18-13(16)4-2/h3-11H2,1-2H3. The van der Waals surface area contributed by atoms with Gasteiger partial charge in [0.2, 0.25) is 0 Å². The molecule has 4 heteroatoms. The minimum absolute atomic E-state index is 0.225. The van der Waals surface area contributed by atoms with Crippen molar-refractivity contribution in [2.75, 3.05) is 11.5 Å². The fraction of sp³-hybridized carbons (Fsp3) is 0.857. The molecule has 0 bridgehead atoms. The highest BCUT2D eigenvalue weighted by atomic mass is 32.2. The van der Waals surface area contributed by atoms with Gasteiger partial charge in [0.25, 0.3) is 0 Å². The molecular weight excluding hydrogens is 264 g/mol. The van der Waals surface area contributed by atoms with Gasteiger partial charge in [0.15, 0.2) is 10.2 Å². The summed E-state index contributed by atoms with van der Waals surface area (Å²) < 4.78 is 0. The van der Waals surface area contributed by atoms with E-state index in [0.29, 0.717) is 12.8 Å². The molecule has 0 amide bonds. The van der Waals surface area contributed by atoms with Gasteiger partial charge in [-0.05, 0) is 18.3 Å². The molecule has 0 heterocycles. The van der Waals surface area contributed by atoms with E-state index in [2.05, 4.69) is 0 Å². The van der Waals surface area contributed by atoms with Gasteiger partial charge in [-0.25, -0.2) is 0 Å². The van der Waals surface area contributed by atoms with Crippen molar-refractivity contribution in [2.24, 2.45) is 5.41 Å². The zero-order chi connectivity index (χ0) is 13.4. The summed E-state index contributed by atoms with van der Waals surface area (Å²) in [6, 6.07) is 0. The molecule has 0 radical (unpaired) electrons. The molecule has 1 saturated carbocycles. The van der Waals surface area contributed by atoms with Crippen LogP contribution in [0.15, 0.2) is 0 Å². The van der Waals surface area contributed by atoms with Crippen molar-refractivity contribution in [2.45, 2.75) is 58.8 Å². The lowest BCUT2D eigenvalue weighted by Crippen LogP contribution is -2.30. The van der Waals surface area contributed by atoms with Crippen LogP contribution in [0.1, 0.15) is 58.8 Å². The van der Waals surface area contributed by atoms with Crippen molar-refractivity contribution < 1.29 is 9.59 Å². The van der Waals surface area contributed by atoms with Crippen LogP contribution in [0, 0.1) is 5.41 Å². The molecule has 1 aliphatic rings. The van der Waals surface area contributed by atoms with Crippen molar-refractivity contribution in [1.82, 2.24) is 0 Å². The molecule has 0 spiro atoms. The Bertz CT molecular complexity index is 262. The topological polar surface area (TPSA) is 34.1 Å². The lowest BCUT2D eigenvalue weighted by atomic mass is 9.77. The van der Waals surface area contributed by atoms with Crippen LogP contribution in [0.3, 0.4) is 0 Å². The molecule has 0 unspecified atom stereocenters. The van der Waals surface area contributed by atoms with Crippen LogP contribution in [0.25, 0.3) is 0 Å². The fourth-order valence-corrected chi connectivity index (χ4v) is 4.56. The van der Waals surface area contributed by atoms with Gasteiger partial charge in [-0.2, -0.15) is 0 Å². The molecule has 1 rings (SSSR count). The van der Waals surface area contributed by atoms with Gasteiger partial charge in [0.1, 0.15) is 0 Å². The molecule has 0 N–H and O–H groups in total. The van der Waals surface area contributed by atoms with E-state index in [0.717, 1.165) is 11.5 Å². The maximum Gasteiger partial charge on any atom is 0.188 e. The summed E-state index contributed by atoms with van der Waals surface area (Å²) in [7, 11) is 0. The van der Waals surface area contributed by atoms with Crippen LogP contribution in [0.4, 0.5) is 0 Å². The molecule has 0 atom stereocenters. The van der Waals surface area contributed by atoms with Crippen molar-refractivity contribution in [3.05, 3.63) is 0 Å². The van der Waals surface area contributed by atoms with Crippen LogP contribution in [0.5, 0.6) is 0 Å². The molecule has 2 nitrogen and oxygen atoms in total. The van der Waals surface area contributed by atoms with E-state index in [1.807, 2.05) is 13.8 Å². The second-order valence-electron chi connectivity index (χ2n) is 5.09. The van der Waals surface area contributed by atoms with Gasteiger partial charge in [-0.3, -0.25) is 9.59 Å². The van der Waals surface area contributed by atoms with Crippen LogP contribution < -0.4 is 0 Å². The Hall–Kier alpha value is 0.0400. The van der Waals surface area contributed by atoms with Crippen molar-refractivity contribution >= 4 is 33.8 Å². The molecule has 18 heavy (non-hydrogen) atoms. The van der Waals surface area contributed by atoms with E-state index in [1.54, 1.807) is 0 Å². The Kier molecular flexibility index (Phi) is 7.38. The lowest BCUT2D eigenvalue weighted by molar-refractivity contribution is -0.111. The highest BCUT2D eigenvalue weighted by molar-refractivity contribution is 8.14. The lowest BCUT2D eigenvalue weighted by Gasteiger charge is -2.36. The Labute approximate surface area is 119 Å². The van der Waals surface area contributed by atoms with Crippen molar-refractivity contribution in [3.8, 4) is 0 Å². The molecule has 0 aliphatic heterocycles. The first-order valence-corrected chi connectivity index (χ1v) is 8.90. The maximum atomic E-state index is 11.5. The normalized spacial score (nSPS) is 18.6. The molecule has 0 aromatic heterocycles. The SMILES string of the molecule is CCC(=O)SCC1(CSC(=O)CC)CCCCC1. The van der Waals surface area contributed by atoms with Gasteiger partial charge in [-0.15, -0.1) is 0 Å². The highest BCUT2D eigenvalue weighted by Crippen LogP contribution is 2.42. The largest absolute Gasteiger partial charge is 0.287 e. The molecule has 0 saturated heterocycles. The first kappa shape index (κ1) is 16.1. The summed E-state index contributed by atoms with van der Waals surface area (Å²) in [6.07, 6.45) is 7.40. The van der Waals surface area contributed by atoms with Gasteiger partial charge >= 0.3 is 0 Å². The van der Waals surface area contributed by atoms with Crippen molar-refractivity contribution in [3.63, 3.8) is 0 Å². The van der Waals surface area contributed by atoms with E-state index < -0.39 is 0 Å². The van der Waals surface area contributed by atoms with E-state index in [1.165, 1.54) is 55.6 Å². The Morgan fingerprint density at radius 3 is 1.72 bits per heavy atom. The molecule has 0 aromatic rings. The number of hydrogen-bond acceptors (Lipinski definition) is 4. The summed E-state index contributed by atoms with van der Waals surface area (Å²) in [5.74, 6) is 1.81. The molecule has 1 fully saturated rings. The summed E-state index contributed by atoms with van der Waals surface area (Å²) in [4.78, 5) is 23.0. The quantitative estimate of drug-likeness (QED) is 0.730. The van der Waals surface area contributed by atoms with Crippen LogP contribution in [0.2, 0.25) is 0 Å². The Morgan fingerprint density at radius 2 is 1.33 bits per heavy atom. The van der Waals surface area contributed by atoms with E-state index in [9.17, 15) is 9.59 Å². The van der Waals surface area contributed by atoms with E-state index >= 15 is 0 Å². The first-order chi connectivity index (χ1) is 8.62. The summed E-state index contributed by atoms with van der Waals surface area (Å²) in [5, 5.41) is 0.568. The third kappa shape index (κ3) is 5.35. The molecule has 0 aromatic carbocycles. The third-order valence-electron chi connectivity index (χ3n) is 3.57. The van der Waals surface area contributed by atoms with Gasteiger partial charge in [-0.1, -0.05) is 56.6 Å². The summed E-state index contributed by atoms with van der Waals surface area (Å²) >= 11 is 2.96. The summed E-state index contributed by atoms with van der Waals surface area (Å²) in [5.41, 5.74) is 0.225. The third-order valence-corrected chi connectivity index (χ3v) is 6.30. The van der Waals surface area contributed by atoms with Gasteiger partial charge in [0, 0.05) is 24.3 Å². The molecule has 1 aliphatic carbocycles. The first-order valence-electron chi connectivity index (χ1n) is 6.93. The van der Waals surface area contributed by atoms with Crippen molar-refractivity contribution in [1.29, 1.82) is 0 Å². The van der Waals surface area contributed by atoms with E-state index in [-0.39, 0.29) is 15.6 Å². The monoisotopic (exact) mass is 288 g/mol. The van der Waals surface area contributed by atoms with Crippen LogP contribution in [-0.2, 0) is 9.59 Å². The van der Waals surface area contributed by atoms with Crippen LogP contribution in [-0.4, -0.2) is 21.7 Å². The highest BCUT2D eigenvalue weighted by Gasteiger charge is 2.33. The Balaban J connectivity index is 2.51. The fourth-order valence-electron chi connectivity index (χ4n) is 2.30. The second-order valence-corrected chi connectivity index (χ2v) is 7.15. The molecular formula is C14H24O2S2. The maximum absolute atomic E-state index is 11.5. The number of carbonyl (C=O) groups excluding carboxylic acids is 2. The van der Waals surface area contributed by atoms with E-state index in [4.69, 9.17) is 0 Å². The predicted octanol–water partition coefficient (Wildman–Crippen LogP) is 4.28. The minimum atomic E-state index is 0.225. The van der Waals surface area contributed by atoms with Gasteiger partial charge < -0.3 is 0 Å². The predicted molar refractivity (Wildman–Crippen MR) is 81.0 cm³/mol. The molecule has 104 valence electrons. The smallest absolute Gasteiger partial charge is 0.188 e. The number of hydrogen-bond donors (Lipinski definition) is 0. The second kappa shape index (κ2) is 8.26. The zero-order valence-electron chi connectivity index (χ0n) is 11.5. The zero-order valence-corrected chi connectivity index (χ0v) is 13.1. The number of carbonyl (C=O) groups is 2. The summed E-state index contributed by atoms with van der Waals surface area (Å²) in [6.45, 7) is 3.83. The number of rotatable bonds is 6. The average molecular weight is 288 g/mol.